The molecule has 0 aromatic heterocycles. The molecule has 22 heavy (non-hydrogen) atoms. The highest BCUT2D eigenvalue weighted by atomic mass is 35.5. The highest BCUT2D eigenvalue weighted by Gasteiger charge is 2.23. The fourth-order valence-corrected chi connectivity index (χ4v) is 2.47. The van der Waals surface area contributed by atoms with E-state index in [1.165, 1.54) is 0 Å². The van der Waals surface area contributed by atoms with Crippen molar-refractivity contribution in [2.45, 2.75) is 33.3 Å². The molecule has 0 fully saturated rings. The molecule has 2 unspecified atom stereocenters. The van der Waals surface area contributed by atoms with Gasteiger partial charge in [0.1, 0.15) is 17.6 Å². The van der Waals surface area contributed by atoms with E-state index in [9.17, 15) is 4.79 Å². The lowest BCUT2D eigenvalue weighted by Gasteiger charge is -2.16. The van der Waals surface area contributed by atoms with E-state index in [4.69, 9.17) is 9.47 Å². The van der Waals surface area contributed by atoms with E-state index in [-0.39, 0.29) is 30.3 Å². The van der Waals surface area contributed by atoms with Crippen LogP contribution in [0, 0.1) is 5.92 Å². The average Bonchev–Trinajstić information content (AvgIpc) is 2.78. The summed E-state index contributed by atoms with van der Waals surface area (Å²) in [7, 11) is 1.83. The quantitative estimate of drug-likeness (QED) is 0.842. The molecular weight excluding hydrogens is 304 g/mol. The highest BCUT2D eigenvalue weighted by molar-refractivity contribution is 5.94. The van der Waals surface area contributed by atoms with Crippen LogP contribution in [-0.2, 0) is 11.2 Å². The lowest BCUT2D eigenvalue weighted by Crippen LogP contribution is -2.28. The Morgan fingerprint density at radius 1 is 1.50 bits per heavy atom. The van der Waals surface area contributed by atoms with Gasteiger partial charge in [0.2, 0.25) is 5.91 Å². The first-order chi connectivity index (χ1) is 10.0. The van der Waals surface area contributed by atoms with Crippen molar-refractivity contribution < 1.29 is 14.3 Å². The number of ether oxygens (including phenoxy) is 2. The minimum absolute atomic E-state index is 0. The Balaban J connectivity index is 0.00000242. The van der Waals surface area contributed by atoms with Crippen LogP contribution in [0.2, 0.25) is 0 Å². The van der Waals surface area contributed by atoms with Crippen molar-refractivity contribution in [3.8, 4) is 11.5 Å². The number of anilines is 1. The Bertz CT molecular complexity index is 522. The van der Waals surface area contributed by atoms with Crippen molar-refractivity contribution in [2.75, 3.05) is 25.5 Å². The normalized spacial score (nSPS) is 17.0. The second-order valence-corrected chi connectivity index (χ2v) is 5.47. The Kier molecular flexibility index (Phi) is 6.97. The molecule has 6 heteroatoms. The average molecular weight is 329 g/mol. The van der Waals surface area contributed by atoms with Crippen LogP contribution in [0.4, 0.5) is 5.69 Å². The number of hydrogen-bond donors (Lipinski definition) is 2. The van der Waals surface area contributed by atoms with Crippen molar-refractivity contribution in [1.29, 1.82) is 0 Å². The molecule has 2 rings (SSSR count). The molecule has 0 bridgehead atoms. The van der Waals surface area contributed by atoms with Crippen molar-refractivity contribution in [3.63, 3.8) is 0 Å². The molecule has 1 aromatic rings. The smallest absolute Gasteiger partial charge is 0.228 e. The van der Waals surface area contributed by atoms with Gasteiger partial charge in [-0.1, -0.05) is 6.92 Å². The maximum Gasteiger partial charge on any atom is 0.228 e. The maximum atomic E-state index is 12.2. The Labute approximate surface area is 138 Å². The summed E-state index contributed by atoms with van der Waals surface area (Å²) in [6.45, 7) is 7.05. The zero-order valence-corrected chi connectivity index (χ0v) is 14.4. The number of carbonyl (C=O) groups excluding carboxylic acids is 1. The monoisotopic (exact) mass is 328 g/mol. The molecule has 0 saturated carbocycles. The summed E-state index contributed by atoms with van der Waals surface area (Å²) >= 11 is 0. The van der Waals surface area contributed by atoms with Gasteiger partial charge < -0.3 is 20.1 Å². The number of nitrogens with one attached hydrogen (secondary N) is 2. The molecule has 1 aliphatic rings. The van der Waals surface area contributed by atoms with Crippen LogP contribution in [0.3, 0.4) is 0 Å². The molecule has 0 saturated heterocycles. The number of halogens is 1. The van der Waals surface area contributed by atoms with E-state index < -0.39 is 0 Å². The highest BCUT2D eigenvalue weighted by Crippen LogP contribution is 2.38. The lowest BCUT2D eigenvalue weighted by molar-refractivity contribution is -0.119. The van der Waals surface area contributed by atoms with E-state index in [2.05, 4.69) is 10.6 Å². The molecule has 124 valence electrons. The number of fused-ring (bicyclic) bond motifs is 1. The van der Waals surface area contributed by atoms with Crippen LogP contribution in [-0.4, -0.2) is 32.2 Å². The molecule has 0 radical (unpaired) electrons. The van der Waals surface area contributed by atoms with Gasteiger partial charge in [0, 0.05) is 30.5 Å². The molecule has 5 nitrogen and oxygen atoms in total. The Morgan fingerprint density at radius 3 is 2.86 bits per heavy atom. The molecular formula is C16H25ClN2O3. The van der Waals surface area contributed by atoms with E-state index >= 15 is 0 Å². The zero-order valence-electron chi connectivity index (χ0n) is 13.6. The van der Waals surface area contributed by atoms with Gasteiger partial charge >= 0.3 is 0 Å². The standard InChI is InChI=1S/C16H24N2O3.ClH/c1-5-20-15-7-12-6-11(3)21-14(12)8-13(15)18-16(19)10(2)9-17-4;/h7-8,10-11,17H,5-6,9H2,1-4H3,(H,18,19);1H. The van der Waals surface area contributed by atoms with Crippen LogP contribution >= 0.6 is 12.4 Å². The van der Waals surface area contributed by atoms with Gasteiger partial charge in [-0.25, -0.2) is 0 Å². The van der Waals surface area contributed by atoms with Crippen molar-refractivity contribution in [1.82, 2.24) is 5.32 Å². The molecule has 1 aliphatic heterocycles. The van der Waals surface area contributed by atoms with Gasteiger partial charge in [-0.3, -0.25) is 4.79 Å². The second kappa shape index (κ2) is 8.25. The summed E-state index contributed by atoms with van der Waals surface area (Å²) in [5, 5.41) is 5.95. The van der Waals surface area contributed by atoms with Gasteiger partial charge in [-0.15, -0.1) is 12.4 Å². The van der Waals surface area contributed by atoms with Gasteiger partial charge in [0.25, 0.3) is 0 Å². The number of benzene rings is 1. The summed E-state index contributed by atoms with van der Waals surface area (Å²) in [6.07, 6.45) is 1.04. The summed E-state index contributed by atoms with van der Waals surface area (Å²) in [5.41, 5.74) is 1.81. The summed E-state index contributed by atoms with van der Waals surface area (Å²) in [6, 6.07) is 3.84. The van der Waals surface area contributed by atoms with Crippen LogP contribution in [0.5, 0.6) is 11.5 Å². The number of carbonyl (C=O) groups is 1. The van der Waals surface area contributed by atoms with Gasteiger partial charge in [-0.05, 0) is 27.0 Å². The number of amides is 1. The minimum atomic E-state index is -0.113. The van der Waals surface area contributed by atoms with Gasteiger partial charge in [0.15, 0.2) is 0 Å². The summed E-state index contributed by atoms with van der Waals surface area (Å²) in [5.74, 6) is 1.40. The zero-order chi connectivity index (χ0) is 15.4. The molecule has 0 spiro atoms. The van der Waals surface area contributed by atoms with Crippen LogP contribution in [0.15, 0.2) is 12.1 Å². The lowest BCUT2D eigenvalue weighted by atomic mass is 10.1. The van der Waals surface area contributed by atoms with E-state index in [1.807, 2.05) is 40.0 Å². The Hall–Kier alpha value is -1.46. The first-order valence-electron chi connectivity index (χ1n) is 7.47. The molecule has 1 heterocycles. The molecule has 2 N–H and O–H groups in total. The first kappa shape index (κ1) is 18.6. The molecule has 1 aromatic carbocycles. The first-order valence-corrected chi connectivity index (χ1v) is 7.47. The summed E-state index contributed by atoms with van der Waals surface area (Å²) < 4.78 is 11.4. The molecule has 0 aliphatic carbocycles. The Morgan fingerprint density at radius 2 is 2.23 bits per heavy atom. The topological polar surface area (TPSA) is 59.6 Å². The number of rotatable bonds is 6. The number of hydrogen-bond acceptors (Lipinski definition) is 4. The summed E-state index contributed by atoms with van der Waals surface area (Å²) in [4.78, 5) is 12.2. The van der Waals surface area contributed by atoms with Gasteiger partial charge in [0.05, 0.1) is 12.3 Å². The van der Waals surface area contributed by atoms with Crippen LogP contribution in [0.1, 0.15) is 26.3 Å². The third kappa shape index (κ3) is 4.27. The SMILES string of the molecule is CCOc1cc2c(cc1NC(=O)C(C)CNC)OC(C)C2.Cl. The predicted molar refractivity (Wildman–Crippen MR) is 90.4 cm³/mol. The minimum Gasteiger partial charge on any atom is -0.492 e. The van der Waals surface area contributed by atoms with E-state index in [0.29, 0.717) is 24.6 Å². The molecule has 2 atom stereocenters. The predicted octanol–water partition coefficient (Wildman–Crippen LogP) is 2.62. The molecule has 1 amide bonds. The largest absolute Gasteiger partial charge is 0.492 e. The van der Waals surface area contributed by atoms with E-state index in [0.717, 1.165) is 17.7 Å². The second-order valence-electron chi connectivity index (χ2n) is 5.47. The fraction of sp³-hybridized carbons (Fsp3) is 0.562. The van der Waals surface area contributed by atoms with Crippen LogP contribution < -0.4 is 20.1 Å². The van der Waals surface area contributed by atoms with Crippen LogP contribution in [0.25, 0.3) is 0 Å². The third-order valence-corrected chi connectivity index (χ3v) is 3.51. The maximum absolute atomic E-state index is 12.2. The van der Waals surface area contributed by atoms with Crippen molar-refractivity contribution in [2.24, 2.45) is 5.92 Å². The van der Waals surface area contributed by atoms with E-state index in [1.54, 1.807) is 0 Å². The van der Waals surface area contributed by atoms with Crippen molar-refractivity contribution in [3.05, 3.63) is 17.7 Å². The third-order valence-electron chi connectivity index (χ3n) is 3.51. The van der Waals surface area contributed by atoms with Crippen molar-refractivity contribution >= 4 is 24.0 Å². The van der Waals surface area contributed by atoms with Gasteiger partial charge in [-0.2, -0.15) is 0 Å². The fourth-order valence-electron chi connectivity index (χ4n) is 2.47.